The number of allylic oxidation sites excluding steroid dienone is 3. The first kappa shape index (κ1) is 29.4. The molecule has 0 unspecified atom stereocenters. The molecule has 0 radical (unpaired) electrons. The lowest BCUT2D eigenvalue weighted by Gasteiger charge is -2.02. The maximum Gasteiger partial charge on any atom is 0.152 e. The zero-order chi connectivity index (χ0) is 24.5. The number of hydrogen-bond donors (Lipinski definition) is 3. The Morgan fingerprint density at radius 2 is 1.22 bits per heavy atom. The summed E-state index contributed by atoms with van der Waals surface area (Å²) in [4.78, 5) is 10.1. The average molecular weight is 516 g/mol. The number of aromatic hydroxyl groups is 3. The molecule has 0 bridgehead atoms. The normalized spacial score (nSPS) is 9.28. The third kappa shape index (κ3) is 13.6. The second-order valence-corrected chi connectivity index (χ2v) is 7.24. The fraction of sp³-hybridized carbons (Fsp3) is 0.0417. The van der Waals surface area contributed by atoms with Gasteiger partial charge in [0.1, 0.15) is 22.3 Å². The van der Waals surface area contributed by atoms with Crippen molar-refractivity contribution in [3.05, 3.63) is 112 Å². The Morgan fingerprint density at radius 1 is 0.781 bits per heavy atom. The zero-order valence-electron chi connectivity index (χ0n) is 17.1. The minimum absolute atomic E-state index is 0.0149. The van der Waals surface area contributed by atoms with Crippen LogP contribution < -0.4 is 0 Å². The van der Waals surface area contributed by atoms with E-state index >= 15 is 0 Å². The van der Waals surface area contributed by atoms with Crippen LogP contribution in [0.4, 0.5) is 0 Å². The molecule has 32 heavy (non-hydrogen) atoms. The fourth-order valence-corrected chi connectivity index (χ4v) is 2.41. The van der Waals surface area contributed by atoms with E-state index in [1.807, 2.05) is 12.1 Å². The number of halogens is 4. The predicted molar refractivity (Wildman–Crippen MR) is 134 cm³/mol. The molecular formula is C24H22Cl4O4. The van der Waals surface area contributed by atoms with Gasteiger partial charge in [-0.2, -0.15) is 0 Å². The van der Waals surface area contributed by atoms with Crippen LogP contribution in [-0.2, 0) is 4.79 Å². The minimum Gasteiger partial charge on any atom is -0.508 e. The van der Waals surface area contributed by atoms with Crippen LogP contribution in [0, 0.1) is 0 Å². The van der Waals surface area contributed by atoms with Gasteiger partial charge in [-0.05, 0) is 37.3 Å². The number of carbonyl (C=O) groups is 1. The van der Waals surface area contributed by atoms with Crippen LogP contribution in [0.1, 0.15) is 6.92 Å². The summed E-state index contributed by atoms with van der Waals surface area (Å²) in [6.07, 6.45) is 4.65. The molecule has 3 N–H and O–H groups in total. The highest BCUT2D eigenvalue weighted by Gasteiger charge is 2.11. The Labute approximate surface area is 207 Å². The first-order valence-corrected chi connectivity index (χ1v) is 10.4. The summed E-state index contributed by atoms with van der Waals surface area (Å²) in [6, 6.07) is 18.7. The molecule has 0 aliphatic carbocycles. The van der Waals surface area contributed by atoms with E-state index in [1.54, 1.807) is 60.7 Å². The maximum atomic E-state index is 10.1. The number of phenols is 3. The van der Waals surface area contributed by atoms with E-state index in [2.05, 4.69) is 6.58 Å². The second kappa shape index (κ2) is 17.0. The molecular weight excluding hydrogens is 494 g/mol. The Hall–Kier alpha value is -2.63. The molecule has 3 rings (SSSR count). The van der Waals surface area contributed by atoms with E-state index in [-0.39, 0.29) is 31.6 Å². The van der Waals surface area contributed by atoms with Crippen LogP contribution in [-0.4, -0.2) is 21.1 Å². The number of para-hydroxylation sites is 2. The van der Waals surface area contributed by atoms with Gasteiger partial charge in [0, 0.05) is 6.07 Å². The van der Waals surface area contributed by atoms with Gasteiger partial charge in [-0.15, -0.1) is 0 Å². The number of phenolic OH excluding ortho intramolecular Hbond substituents is 3. The summed E-state index contributed by atoms with van der Waals surface area (Å²) in [6.45, 7) is 4.89. The second-order valence-electron chi connectivity index (χ2n) is 5.70. The predicted octanol–water partition coefficient (Wildman–Crippen LogP) is 8.11. The molecule has 8 heteroatoms. The van der Waals surface area contributed by atoms with E-state index < -0.39 is 0 Å². The van der Waals surface area contributed by atoms with Crippen LogP contribution >= 0.6 is 46.4 Å². The third-order valence-corrected chi connectivity index (χ3v) is 4.80. The molecule has 0 heterocycles. The number of ketones is 1. The van der Waals surface area contributed by atoms with Crippen molar-refractivity contribution < 1.29 is 20.1 Å². The molecule has 0 fully saturated rings. The monoisotopic (exact) mass is 514 g/mol. The minimum atomic E-state index is -0.175. The Kier molecular flexibility index (Phi) is 15.6. The molecule has 0 atom stereocenters. The van der Waals surface area contributed by atoms with Crippen molar-refractivity contribution in [3.8, 4) is 17.2 Å². The summed E-state index contributed by atoms with van der Waals surface area (Å²) in [5.74, 6) is 0.524. The molecule has 0 spiro atoms. The van der Waals surface area contributed by atoms with Crippen LogP contribution in [0.15, 0.2) is 91.5 Å². The van der Waals surface area contributed by atoms with E-state index in [0.29, 0.717) is 11.5 Å². The zero-order valence-corrected chi connectivity index (χ0v) is 20.1. The van der Waals surface area contributed by atoms with Gasteiger partial charge in [-0.25, -0.2) is 0 Å². The average Bonchev–Trinajstić information content (AvgIpc) is 2.77. The summed E-state index contributed by atoms with van der Waals surface area (Å²) in [5.41, 5.74) is 0. The van der Waals surface area contributed by atoms with Gasteiger partial charge in [-0.1, -0.05) is 102 Å². The molecule has 170 valence electrons. The largest absolute Gasteiger partial charge is 0.508 e. The van der Waals surface area contributed by atoms with Crippen molar-refractivity contribution in [1.82, 2.24) is 0 Å². The quantitative estimate of drug-likeness (QED) is 0.139. The lowest BCUT2D eigenvalue weighted by atomic mass is 10.3. The lowest BCUT2D eigenvalue weighted by molar-refractivity contribution is -0.112. The highest BCUT2D eigenvalue weighted by atomic mass is 35.5. The lowest BCUT2D eigenvalue weighted by Crippen LogP contribution is -1.76. The van der Waals surface area contributed by atoms with Gasteiger partial charge < -0.3 is 15.3 Å². The first-order valence-electron chi connectivity index (χ1n) is 8.89. The molecule has 0 aliphatic heterocycles. The van der Waals surface area contributed by atoms with Gasteiger partial charge in [0.25, 0.3) is 0 Å². The SMILES string of the molecule is C=C/C=C/C(C)=O.Oc1cc(Cl)c(Cl)c(Cl)c1Cl.Oc1ccccc1.Oc1ccccc1. The van der Waals surface area contributed by atoms with Crippen LogP contribution in [0.3, 0.4) is 0 Å². The van der Waals surface area contributed by atoms with E-state index in [0.717, 1.165) is 0 Å². The first-order chi connectivity index (χ1) is 15.1. The number of hydrogen-bond acceptors (Lipinski definition) is 4. The molecule has 3 aromatic carbocycles. The highest BCUT2D eigenvalue weighted by Crippen LogP contribution is 2.41. The van der Waals surface area contributed by atoms with Crippen molar-refractivity contribution in [2.45, 2.75) is 6.92 Å². The van der Waals surface area contributed by atoms with Gasteiger partial charge in [0.2, 0.25) is 0 Å². The number of rotatable bonds is 2. The van der Waals surface area contributed by atoms with E-state index in [9.17, 15) is 4.79 Å². The fourth-order valence-electron chi connectivity index (χ4n) is 1.62. The van der Waals surface area contributed by atoms with Crippen LogP contribution in [0.2, 0.25) is 20.1 Å². The smallest absolute Gasteiger partial charge is 0.152 e. The summed E-state index contributed by atoms with van der Waals surface area (Å²) in [7, 11) is 0. The van der Waals surface area contributed by atoms with E-state index in [1.165, 1.54) is 19.1 Å². The maximum absolute atomic E-state index is 10.1. The van der Waals surface area contributed by atoms with Gasteiger partial charge in [0.05, 0.1) is 15.1 Å². The van der Waals surface area contributed by atoms with Crippen molar-refractivity contribution in [3.63, 3.8) is 0 Å². The number of carbonyl (C=O) groups excluding carboxylic acids is 1. The topological polar surface area (TPSA) is 77.8 Å². The Bertz CT molecular complexity index is 928. The van der Waals surface area contributed by atoms with Crippen LogP contribution in [0.5, 0.6) is 17.2 Å². The van der Waals surface area contributed by atoms with Gasteiger partial charge in [0.15, 0.2) is 5.78 Å². The van der Waals surface area contributed by atoms with Crippen LogP contribution in [0.25, 0.3) is 0 Å². The third-order valence-electron chi connectivity index (χ3n) is 3.06. The van der Waals surface area contributed by atoms with Crippen molar-refractivity contribution in [2.24, 2.45) is 0 Å². The molecule has 3 aromatic rings. The Balaban J connectivity index is 0.000000410. The Morgan fingerprint density at radius 3 is 1.50 bits per heavy atom. The van der Waals surface area contributed by atoms with Crippen molar-refractivity contribution in [1.29, 1.82) is 0 Å². The summed E-state index contributed by atoms with van der Waals surface area (Å²) in [5, 5.41) is 26.7. The van der Waals surface area contributed by atoms with Gasteiger partial charge >= 0.3 is 0 Å². The van der Waals surface area contributed by atoms with Gasteiger partial charge in [-0.3, -0.25) is 4.79 Å². The van der Waals surface area contributed by atoms with Crippen molar-refractivity contribution >= 4 is 52.2 Å². The van der Waals surface area contributed by atoms with E-state index in [4.69, 9.17) is 61.7 Å². The summed E-state index contributed by atoms with van der Waals surface area (Å²) < 4.78 is 0. The molecule has 0 aromatic heterocycles. The highest BCUT2D eigenvalue weighted by molar-refractivity contribution is 6.52. The molecule has 0 saturated heterocycles. The van der Waals surface area contributed by atoms with Crippen molar-refractivity contribution in [2.75, 3.05) is 0 Å². The molecule has 0 aliphatic rings. The molecule has 0 amide bonds. The molecule has 0 saturated carbocycles. The number of benzene rings is 3. The molecule has 4 nitrogen and oxygen atoms in total. The summed E-state index contributed by atoms with van der Waals surface area (Å²) >= 11 is 22.3. The standard InChI is InChI=1S/C6H2Cl4O.2C6H6O.C6H8O/c7-2-1-3(11)5(9)6(10)4(2)8;2*7-6-4-2-1-3-5-6;1-3-4-5-6(2)7/h1,11H;2*1-5,7H;3-5H,1H2,2H3/b;;;5-4+.